The third-order valence-electron chi connectivity index (χ3n) is 5.26. The van der Waals surface area contributed by atoms with Gasteiger partial charge in [0.05, 0.1) is 12.1 Å². The topological polar surface area (TPSA) is 49.3 Å². The molecule has 4 nitrogen and oxygen atoms in total. The Balaban J connectivity index is 1.71. The first-order valence-corrected chi connectivity index (χ1v) is 9.11. The highest BCUT2D eigenvalue weighted by molar-refractivity contribution is 5.83. The van der Waals surface area contributed by atoms with E-state index >= 15 is 0 Å². The molecule has 2 N–H and O–H groups in total. The Hall–Kier alpha value is -2.10. The highest BCUT2D eigenvalue weighted by Crippen LogP contribution is 2.42. The van der Waals surface area contributed by atoms with Crippen molar-refractivity contribution in [3.05, 3.63) is 42.1 Å². The van der Waals surface area contributed by atoms with Crippen LogP contribution >= 0.6 is 0 Å². The van der Waals surface area contributed by atoms with Crippen molar-refractivity contribution in [2.45, 2.75) is 46.1 Å². The Morgan fingerprint density at radius 1 is 1.17 bits per heavy atom. The molecular formula is C20H28N4. The lowest BCUT2D eigenvalue weighted by molar-refractivity contribution is 0.131. The van der Waals surface area contributed by atoms with Gasteiger partial charge >= 0.3 is 0 Å². The Labute approximate surface area is 144 Å². The lowest BCUT2D eigenvalue weighted by atomic mass is 9.67. The zero-order valence-corrected chi connectivity index (χ0v) is 14.8. The fourth-order valence-electron chi connectivity index (χ4n) is 3.40. The average molecular weight is 324 g/mol. The molecule has 3 rings (SSSR count). The van der Waals surface area contributed by atoms with Crippen molar-refractivity contribution < 1.29 is 0 Å². The molecule has 0 atom stereocenters. The number of pyridine rings is 1. The van der Waals surface area contributed by atoms with Gasteiger partial charge in [-0.1, -0.05) is 37.6 Å². The molecule has 0 saturated heterocycles. The molecule has 1 aliphatic rings. The van der Waals surface area contributed by atoms with Crippen molar-refractivity contribution in [1.29, 1.82) is 0 Å². The summed E-state index contributed by atoms with van der Waals surface area (Å²) < 4.78 is 0. The number of aromatic nitrogens is 1. The Bertz CT molecular complexity index is 693. The molecule has 4 heteroatoms. The summed E-state index contributed by atoms with van der Waals surface area (Å²) in [6.45, 7) is 6.94. The standard InChI is InChI=1S/C20H28N4/c1-3-20(11-7-12-20)15-24-19(21-4-2)23-14-17-9-5-8-16-10-6-13-22-18(16)17/h5-6,8-10,13H,3-4,7,11-12,14-15H2,1-2H3,(H2,21,23,24). The molecule has 0 aliphatic heterocycles. The second kappa shape index (κ2) is 7.65. The zero-order valence-electron chi connectivity index (χ0n) is 14.8. The maximum absolute atomic E-state index is 4.78. The molecule has 0 spiro atoms. The molecule has 0 amide bonds. The number of benzene rings is 1. The summed E-state index contributed by atoms with van der Waals surface area (Å²) >= 11 is 0. The molecule has 1 heterocycles. The number of nitrogens with one attached hydrogen (secondary N) is 2. The van der Waals surface area contributed by atoms with Gasteiger partial charge in [0.1, 0.15) is 0 Å². The summed E-state index contributed by atoms with van der Waals surface area (Å²) in [5, 5.41) is 8.08. The molecular weight excluding hydrogens is 296 g/mol. The van der Waals surface area contributed by atoms with Gasteiger partial charge in [0.2, 0.25) is 0 Å². The Morgan fingerprint density at radius 3 is 2.71 bits per heavy atom. The molecule has 1 saturated carbocycles. The minimum atomic E-state index is 0.483. The first kappa shape index (κ1) is 16.7. The van der Waals surface area contributed by atoms with Crippen molar-refractivity contribution >= 4 is 16.9 Å². The van der Waals surface area contributed by atoms with Crippen LogP contribution in [0.3, 0.4) is 0 Å². The van der Waals surface area contributed by atoms with Crippen LogP contribution < -0.4 is 10.6 Å². The van der Waals surface area contributed by atoms with Crippen molar-refractivity contribution in [3.63, 3.8) is 0 Å². The maximum Gasteiger partial charge on any atom is 0.191 e. The highest BCUT2D eigenvalue weighted by atomic mass is 15.2. The van der Waals surface area contributed by atoms with Gasteiger partial charge in [-0.15, -0.1) is 0 Å². The molecule has 1 aromatic heterocycles. The molecule has 1 aromatic carbocycles. The van der Waals surface area contributed by atoms with Crippen LogP contribution in [0.4, 0.5) is 0 Å². The fourth-order valence-corrected chi connectivity index (χ4v) is 3.40. The normalized spacial score (nSPS) is 16.7. The Morgan fingerprint density at radius 2 is 2.00 bits per heavy atom. The second-order valence-corrected chi connectivity index (χ2v) is 6.75. The average Bonchev–Trinajstić information content (AvgIpc) is 2.59. The monoisotopic (exact) mass is 324 g/mol. The van der Waals surface area contributed by atoms with Crippen LogP contribution in [0.1, 0.15) is 45.1 Å². The number of fused-ring (bicyclic) bond motifs is 1. The van der Waals surface area contributed by atoms with Crippen LogP contribution in [0.2, 0.25) is 0 Å². The van der Waals surface area contributed by atoms with Crippen molar-refractivity contribution in [1.82, 2.24) is 15.6 Å². The van der Waals surface area contributed by atoms with Crippen LogP contribution in [0.25, 0.3) is 10.9 Å². The van der Waals surface area contributed by atoms with Gasteiger partial charge in [-0.05, 0) is 43.2 Å². The minimum Gasteiger partial charge on any atom is -0.357 e. The molecule has 128 valence electrons. The van der Waals surface area contributed by atoms with E-state index in [4.69, 9.17) is 4.99 Å². The zero-order chi connectivity index (χ0) is 16.8. The van der Waals surface area contributed by atoms with Gasteiger partial charge in [0, 0.05) is 24.7 Å². The van der Waals surface area contributed by atoms with E-state index in [-0.39, 0.29) is 0 Å². The van der Waals surface area contributed by atoms with E-state index in [0.29, 0.717) is 12.0 Å². The van der Waals surface area contributed by atoms with Crippen molar-refractivity contribution in [2.75, 3.05) is 13.1 Å². The third-order valence-corrected chi connectivity index (χ3v) is 5.26. The van der Waals surface area contributed by atoms with Gasteiger partial charge in [-0.3, -0.25) is 4.98 Å². The molecule has 1 fully saturated rings. The summed E-state index contributed by atoms with van der Waals surface area (Å²) in [4.78, 5) is 9.30. The smallest absolute Gasteiger partial charge is 0.191 e. The lowest BCUT2D eigenvalue weighted by Gasteiger charge is -2.41. The largest absolute Gasteiger partial charge is 0.357 e. The molecule has 0 bridgehead atoms. The lowest BCUT2D eigenvalue weighted by Crippen LogP contribution is -2.46. The maximum atomic E-state index is 4.78. The molecule has 1 aliphatic carbocycles. The summed E-state index contributed by atoms with van der Waals surface area (Å²) in [6.07, 6.45) is 7.13. The molecule has 2 aromatic rings. The number of hydrogen-bond donors (Lipinski definition) is 2. The summed E-state index contributed by atoms with van der Waals surface area (Å²) in [5.41, 5.74) is 2.69. The van der Waals surface area contributed by atoms with Gasteiger partial charge < -0.3 is 10.6 Å². The molecule has 24 heavy (non-hydrogen) atoms. The van der Waals surface area contributed by atoms with Crippen LogP contribution in [0.15, 0.2) is 41.5 Å². The van der Waals surface area contributed by atoms with Crippen LogP contribution in [-0.2, 0) is 6.54 Å². The SMILES string of the molecule is CCNC(=NCc1cccc2cccnc12)NCC1(CC)CCC1. The van der Waals surface area contributed by atoms with Crippen LogP contribution in [0, 0.1) is 5.41 Å². The van der Waals surface area contributed by atoms with E-state index in [2.05, 4.69) is 53.7 Å². The van der Waals surface area contributed by atoms with E-state index in [1.807, 2.05) is 12.3 Å². The minimum absolute atomic E-state index is 0.483. The third kappa shape index (κ3) is 3.69. The first-order chi connectivity index (χ1) is 11.8. The number of para-hydroxylation sites is 1. The predicted molar refractivity (Wildman–Crippen MR) is 101 cm³/mol. The number of guanidine groups is 1. The van der Waals surface area contributed by atoms with Gasteiger partial charge in [0.25, 0.3) is 0 Å². The van der Waals surface area contributed by atoms with E-state index in [1.54, 1.807) is 0 Å². The van der Waals surface area contributed by atoms with E-state index < -0.39 is 0 Å². The molecule has 0 unspecified atom stereocenters. The molecule has 0 radical (unpaired) electrons. The summed E-state index contributed by atoms with van der Waals surface area (Å²) in [7, 11) is 0. The number of aliphatic imine (C=N–C) groups is 1. The number of rotatable bonds is 6. The number of nitrogens with zero attached hydrogens (tertiary/aromatic N) is 2. The predicted octanol–water partition coefficient (Wildman–Crippen LogP) is 3.87. The number of hydrogen-bond acceptors (Lipinski definition) is 2. The van der Waals surface area contributed by atoms with E-state index in [0.717, 1.165) is 24.6 Å². The Kier molecular flexibility index (Phi) is 5.34. The van der Waals surface area contributed by atoms with Gasteiger partial charge in [0.15, 0.2) is 5.96 Å². The summed E-state index contributed by atoms with van der Waals surface area (Å²) in [5.74, 6) is 0.908. The van der Waals surface area contributed by atoms with E-state index in [1.165, 1.54) is 36.6 Å². The van der Waals surface area contributed by atoms with Crippen LogP contribution in [0.5, 0.6) is 0 Å². The fraction of sp³-hybridized carbons (Fsp3) is 0.500. The van der Waals surface area contributed by atoms with Gasteiger partial charge in [-0.25, -0.2) is 4.99 Å². The second-order valence-electron chi connectivity index (χ2n) is 6.75. The van der Waals surface area contributed by atoms with Gasteiger partial charge in [-0.2, -0.15) is 0 Å². The van der Waals surface area contributed by atoms with E-state index in [9.17, 15) is 0 Å². The first-order valence-electron chi connectivity index (χ1n) is 9.11. The summed E-state index contributed by atoms with van der Waals surface area (Å²) in [6, 6.07) is 10.4. The quantitative estimate of drug-likeness (QED) is 0.626. The van der Waals surface area contributed by atoms with Crippen molar-refractivity contribution in [2.24, 2.45) is 10.4 Å². The van der Waals surface area contributed by atoms with Crippen molar-refractivity contribution in [3.8, 4) is 0 Å². The highest BCUT2D eigenvalue weighted by Gasteiger charge is 2.34. The van der Waals surface area contributed by atoms with Crippen LogP contribution in [-0.4, -0.2) is 24.0 Å².